The Labute approximate surface area is 160 Å². The molecule has 4 aromatic rings. The Morgan fingerprint density at radius 2 is 2.19 bits per heavy atom. The molecule has 0 fully saturated rings. The summed E-state index contributed by atoms with van der Waals surface area (Å²) in [5, 5.41) is 10.1. The van der Waals surface area contributed by atoms with Crippen LogP contribution in [0.25, 0.3) is 21.6 Å². The maximum Gasteiger partial charge on any atom is 0.252 e. The predicted molar refractivity (Wildman–Crippen MR) is 107 cm³/mol. The lowest BCUT2D eigenvalue weighted by molar-refractivity contribution is 0.0955. The second kappa shape index (κ2) is 7.67. The van der Waals surface area contributed by atoms with Crippen LogP contribution in [-0.2, 0) is 13.0 Å². The molecule has 0 aliphatic carbocycles. The van der Waals surface area contributed by atoms with Gasteiger partial charge in [-0.3, -0.25) is 9.78 Å². The van der Waals surface area contributed by atoms with Crippen molar-refractivity contribution in [1.29, 1.82) is 0 Å². The van der Waals surface area contributed by atoms with E-state index < -0.39 is 0 Å². The summed E-state index contributed by atoms with van der Waals surface area (Å²) >= 11 is 1.60. The highest BCUT2D eigenvalue weighted by Crippen LogP contribution is 2.27. The van der Waals surface area contributed by atoms with E-state index >= 15 is 0 Å². The highest BCUT2D eigenvalue weighted by Gasteiger charge is 2.17. The third kappa shape index (κ3) is 3.59. The molecule has 7 heteroatoms. The fourth-order valence-electron chi connectivity index (χ4n) is 2.96. The molecule has 0 atom stereocenters. The van der Waals surface area contributed by atoms with Gasteiger partial charge in [0.25, 0.3) is 5.91 Å². The number of fused-ring (bicyclic) bond motifs is 1. The van der Waals surface area contributed by atoms with E-state index in [2.05, 4.69) is 15.4 Å². The molecule has 4 heterocycles. The van der Waals surface area contributed by atoms with Gasteiger partial charge in [-0.1, -0.05) is 12.1 Å². The van der Waals surface area contributed by atoms with Crippen molar-refractivity contribution in [3.63, 3.8) is 0 Å². The minimum absolute atomic E-state index is 0.119. The van der Waals surface area contributed by atoms with Gasteiger partial charge in [-0.2, -0.15) is 5.10 Å². The summed E-state index contributed by atoms with van der Waals surface area (Å²) in [4.78, 5) is 22.9. The molecule has 0 aliphatic heterocycles. The van der Waals surface area contributed by atoms with E-state index in [1.54, 1.807) is 23.7 Å². The molecule has 0 saturated carbocycles. The Hall–Kier alpha value is -3.06. The van der Waals surface area contributed by atoms with E-state index in [1.165, 1.54) is 0 Å². The van der Waals surface area contributed by atoms with Crippen molar-refractivity contribution < 1.29 is 4.79 Å². The van der Waals surface area contributed by atoms with Crippen molar-refractivity contribution in [2.24, 2.45) is 0 Å². The van der Waals surface area contributed by atoms with E-state index in [4.69, 9.17) is 4.98 Å². The number of nitrogens with one attached hydrogen (secondary N) is 1. The van der Waals surface area contributed by atoms with Crippen LogP contribution in [0.3, 0.4) is 0 Å². The molecule has 0 spiro atoms. The Balaban J connectivity index is 1.63. The van der Waals surface area contributed by atoms with Gasteiger partial charge in [0.15, 0.2) is 5.65 Å². The van der Waals surface area contributed by atoms with Crippen LogP contribution < -0.4 is 5.32 Å². The zero-order valence-corrected chi connectivity index (χ0v) is 15.7. The van der Waals surface area contributed by atoms with E-state index in [1.807, 2.05) is 53.4 Å². The van der Waals surface area contributed by atoms with Crippen molar-refractivity contribution in [3.8, 4) is 10.6 Å². The summed E-state index contributed by atoms with van der Waals surface area (Å²) in [6.07, 6.45) is 4.17. The summed E-state index contributed by atoms with van der Waals surface area (Å²) in [6.45, 7) is 3.24. The van der Waals surface area contributed by atoms with Gasteiger partial charge in [-0.05, 0) is 36.6 Å². The minimum atomic E-state index is -0.119. The maximum absolute atomic E-state index is 12.9. The quantitative estimate of drug-likeness (QED) is 0.558. The highest BCUT2D eigenvalue weighted by molar-refractivity contribution is 7.13. The lowest BCUT2D eigenvalue weighted by Crippen LogP contribution is -2.26. The number of pyridine rings is 2. The first kappa shape index (κ1) is 17.4. The van der Waals surface area contributed by atoms with Crippen molar-refractivity contribution in [1.82, 2.24) is 25.1 Å². The van der Waals surface area contributed by atoms with Crippen LogP contribution in [0.5, 0.6) is 0 Å². The lowest BCUT2D eigenvalue weighted by atomic mass is 10.1. The number of carbonyl (C=O) groups excluding carboxylic acids is 1. The van der Waals surface area contributed by atoms with E-state index in [9.17, 15) is 4.79 Å². The number of hydrogen-bond acceptors (Lipinski definition) is 5. The van der Waals surface area contributed by atoms with Crippen molar-refractivity contribution >= 4 is 28.3 Å². The first-order valence-corrected chi connectivity index (χ1v) is 9.72. The topological polar surface area (TPSA) is 72.7 Å². The number of nitrogens with zero attached hydrogens (tertiary/aromatic N) is 4. The molecule has 0 unspecified atom stereocenters. The van der Waals surface area contributed by atoms with E-state index in [0.29, 0.717) is 25.1 Å². The monoisotopic (exact) mass is 377 g/mol. The molecule has 27 heavy (non-hydrogen) atoms. The third-order valence-electron chi connectivity index (χ3n) is 4.32. The second-order valence-electron chi connectivity index (χ2n) is 6.06. The van der Waals surface area contributed by atoms with Crippen LogP contribution >= 0.6 is 11.3 Å². The van der Waals surface area contributed by atoms with Crippen LogP contribution in [0, 0.1) is 0 Å². The van der Waals surface area contributed by atoms with Gasteiger partial charge in [-0.15, -0.1) is 11.3 Å². The molecular weight excluding hydrogens is 358 g/mol. The number of aromatic nitrogens is 4. The largest absolute Gasteiger partial charge is 0.352 e. The number of amides is 1. The lowest BCUT2D eigenvalue weighted by Gasteiger charge is -2.08. The minimum Gasteiger partial charge on any atom is -0.352 e. The SMILES string of the molecule is CCn1ncc2c(C(=O)NCCc3ccccn3)cc(-c3cccs3)nc21. The normalized spacial score (nSPS) is 11.0. The first-order valence-electron chi connectivity index (χ1n) is 8.85. The summed E-state index contributed by atoms with van der Waals surface area (Å²) < 4.78 is 1.82. The van der Waals surface area contributed by atoms with Crippen LogP contribution in [0.15, 0.2) is 54.2 Å². The standard InChI is InChI=1S/C20H19N5OS/c1-2-25-19-16(13-23-25)15(12-17(24-19)18-7-5-11-27-18)20(26)22-10-8-14-6-3-4-9-21-14/h3-7,9,11-13H,2,8,10H2,1H3,(H,22,26). The molecular formula is C20H19N5OS. The Kier molecular flexibility index (Phi) is 4.93. The fraction of sp³-hybridized carbons (Fsp3) is 0.200. The van der Waals surface area contributed by atoms with Gasteiger partial charge in [-0.25, -0.2) is 9.67 Å². The van der Waals surface area contributed by atoms with Crippen LogP contribution in [0.4, 0.5) is 0 Å². The molecule has 136 valence electrons. The van der Waals surface area contributed by atoms with Crippen molar-refractivity contribution in [3.05, 3.63) is 65.4 Å². The molecule has 0 bridgehead atoms. The van der Waals surface area contributed by atoms with Crippen LogP contribution in [0.1, 0.15) is 23.0 Å². The molecule has 4 aromatic heterocycles. The first-order chi connectivity index (χ1) is 13.3. The molecule has 1 amide bonds. The average molecular weight is 377 g/mol. The number of aryl methyl sites for hydroxylation is 1. The molecule has 0 aliphatic rings. The predicted octanol–water partition coefficient (Wildman–Crippen LogP) is 3.55. The average Bonchev–Trinajstić information content (AvgIpc) is 3.37. The van der Waals surface area contributed by atoms with Crippen LogP contribution in [-0.4, -0.2) is 32.2 Å². The summed E-state index contributed by atoms with van der Waals surface area (Å²) in [6, 6.07) is 11.6. The van der Waals surface area contributed by atoms with Gasteiger partial charge in [0.1, 0.15) is 0 Å². The van der Waals surface area contributed by atoms with Crippen molar-refractivity contribution in [2.45, 2.75) is 19.9 Å². The smallest absolute Gasteiger partial charge is 0.252 e. The fourth-order valence-corrected chi connectivity index (χ4v) is 3.65. The summed E-state index contributed by atoms with van der Waals surface area (Å²) in [7, 11) is 0. The highest BCUT2D eigenvalue weighted by atomic mass is 32.1. The van der Waals surface area contributed by atoms with Gasteiger partial charge < -0.3 is 5.32 Å². The van der Waals surface area contributed by atoms with Gasteiger partial charge >= 0.3 is 0 Å². The molecule has 4 rings (SSSR count). The van der Waals surface area contributed by atoms with Gasteiger partial charge in [0.2, 0.25) is 0 Å². The molecule has 0 aromatic carbocycles. The van der Waals surface area contributed by atoms with Gasteiger partial charge in [0, 0.05) is 31.4 Å². The summed E-state index contributed by atoms with van der Waals surface area (Å²) in [5.41, 5.74) is 3.08. The van der Waals surface area contributed by atoms with Crippen molar-refractivity contribution in [2.75, 3.05) is 6.54 Å². The zero-order valence-electron chi connectivity index (χ0n) is 14.9. The van der Waals surface area contributed by atoms with E-state index in [-0.39, 0.29) is 5.91 Å². The number of rotatable bonds is 6. The second-order valence-corrected chi connectivity index (χ2v) is 7.00. The number of thiophene rings is 1. The molecule has 0 saturated heterocycles. The molecule has 6 nitrogen and oxygen atoms in total. The molecule has 1 N–H and O–H groups in total. The van der Waals surface area contributed by atoms with E-state index in [0.717, 1.165) is 27.3 Å². The summed E-state index contributed by atoms with van der Waals surface area (Å²) in [5.74, 6) is -0.119. The Bertz CT molecular complexity index is 1060. The third-order valence-corrected chi connectivity index (χ3v) is 5.21. The molecule has 0 radical (unpaired) electrons. The van der Waals surface area contributed by atoms with Crippen LogP contribution in [0.2, 0.25) is 0 Å². The van der Waals surface area contributed by atoms with Gasteiger partial charge in [0.05, 0.1) is 27.7 Å². The number of carbonyl (C=O) groups is 1. The number of hydrogen-bond donors (Lipinski definition) is 1. The zero-order chi connectivity index (χ0) is 18.6. The maximum atomic E-state index is 12.9. The Morgan fingerprint density at radius 3 is 2.93 bits per heavy atom. The Morgan fingerprint density at radius 1 is 1.26 bits per heavy atom.